The first-order chi connectivity index (χ1) is 11.5. The highest BCUT2D eigenvalue weighted by Gasteiger charge is 2.19. The molecule has 4 heteroatoms. The summed E-state index contributed by atoms with van der Waals surface area (Å²) in [4.78, 5) is 24.5. The van der Waals surface area contributed by atoms with Gasteiger partial charge in [-0.3, -0.25) is 0 Å². The molecule has 0 amide bonds. The topological polar surface area (TPSA) is 52.6 Å². The van der Waals surface area contributed by atoms with E-state index in [0.29, 0.717) is 16.7 Å². The molecule has 0 saturated heterocycles. The zero-order chi connectivity index (χ0) is 18.1. The number of esters is 2. The summed E-state index contributed by atoms with van der Waals surface area (Å²) < 4.78 is 10.9. The molecule has 0 fully saturated rings. The van der Waals surface area contributed by atoms with Gasteiger partial charge in [0, 0.05) is 0 Å². The van der Waals surface area contributed by atoms with E-state index >= 15 is 0 Å². The number of hydrogen-bond donors (Lipinski definition) is 0. The molecule has 0 unspecified atom stereocenters. The molecule has 0 atom stereocenters. The highest BCUT2D eigenvalue weighted by molar-refractivity contribution is 5.97. The Morgan fingerprint density at radius 1 is 0.958 bits per heavy atom. The molecule has 1 aromatic rings. The van der Waals surface area contributed by atoms with Crippen molar-refractivity contribution in [1.29, 1.82) is 0 Å². The maximum Gasteiger partial charge on any atom is 0.339 e. The van der Waals surface area contributed by atoms with Gasteiger partial charge in [0.15, 0.2) is 0 Å². The third-order valence-corrected chi connectivity index (χ3v) is 4.10. The summed E-state index contributed by atoms with van der Waals surface area (Å²) in [6, 6.07) is 4.83. The summed E-state index contributed by atoms with van der Waals surface area (Å²) in [6.45, 7) is 11.6. The summed E-state index contributed by atoms with van der Waals surface area (Å²) in [6.07, 6.45) is 4.44. The van der Waals surface area contributed by atoms with E-state index in [0.717, 1.165) is 25.7 Å². The Morgan fingerprint density at radius 2 is 1.46 bits per heavy atom. The Labute approximate surface area is 144 Å². The van der Waals surface area contributed by atoms with E-state index < -0.39 is 5.97 Å². The molecule has 1 aromatic carbocycles. The minimum absolute atomic E-state index is 0.0933. The first kappa shape index (κ1) is 19.9. The van der Waals surface area contributed by atoms with Gasteiger partial charge in [-0.25, -0.2) is 9.59 Å². The van der Waals surface area contributed by atoms with E-state index in [1.165, 1.54) is 0 Å². The molecule has 0 radical (unpaired) electrons. The van der Waals surface area contributed by atoms with Gasteiger partial charge in [0.05, 0.1) is 11.1 Å². The quantitative estimate of drug-likeness (QED) is 0.596. The number of carbonyl (C=O) groups excluding carboxylic acids is 2. The van der Waals surface area contributed by atoms with Crippen LogP contribution in [0.5, 0.6) is 0 Å². The van der Waals surface area contributed by atoms with Crippen molar-refractivity contribution in [2.45, 2.75) is 65.6 Å². The van der Waals surface area contributed by atoms with E-state index in [9.17, 15) is 9.59 Å². The number of benzene rings is 1. The van der Waals surface area contributed by atoms with E-state index in [-0.39, 0.29) is 18.2 Å². The second kappa shape index (κ2) is 9.91. The van der Waals surface area contributed by atoms with Crippen molar-refractivity contribution in [3.05, 3.63) is 41.5 Å². The molecule has 1 rings (SSSR count). The zero-order valence-corrected chi connectivity index (χ0v) is 15.1. The molecule has 0 spiro atoms. The van der Waals surface area contributed by atoms with Gasteiger partial charge in [-0.15, -0.1) is 0 Å². The molecule has 0 aromatic heterocycles. The van der Waals surface area contributed by atoms with Gasteiger partial charge in [-0.2, -0.15) is 0 Å². The van der Waals surface area contributed by atoms with Crippen molar-refractivity contribution in [2.24, 2.45) is 0 Å². The molecule has 0 bridgehead atoms. The van der Waals surface area contributed by atoms with Crippen molar-refractivity contribution >= 4 is 18.0 Å². The van der Waals surface area contributed by atoms with Gasteiger partial charge in [-0.1, -0.05) is 40.3 Å². The molecular formula is C20H28O4. The van der Waals surface area contributed by atoms with Gasteiger partial charge in [-0.05, 0) is 49.4 Å². The van der Waals surface area contributed by atoms with Crippen molar-refractivity contribution in [2.75, 3.05) is 0 Å². The molecule has 0 aliphatic rings. The monoisotopic (exact) mass is 332 g/mol. The first-order valence-corrected chi connectivity index (χ1v) is 8.68. The molecule has 4 nitrogen and oxygen atoms in total. The number of rotatable bonds is 9. The van der Waals surface area contributed by atoms with Crippen molar-refractivity contribution in [1.82, 2.24) is 0 Å². The minimum Gasteiger partial charge on any atom is -0.459 e. The molecule has 0 aliphatic heterocycles. The molecule has 132 valence electrons. The normalized spacial score (nSPS) is 10.8. The zero-order valence-electron chi connectivity index (χ0n) is 15.1. The Morgan fingerprint density at radius 3 is 1.92 bits per heavy atom. The maximum absolute atomic E-state index is 12.3. The summed E-state index contributed by atoms with van der Waals surface area (Å²) in [5, 5.41) is 0. The highest BCUT2D eigenvalue weighted by atomic mass is 16.5. The Balaban J connectivity index is 2.98. The lowest BCUT2D eigenvalue weighted by Crippen LogP contribution is -2.19. The second-order valence-corrected chi connectivity index (χ2v) is 5.69. The first-order valence-electron chi connectivity index (χ1n) is 8.68. The fourth-order valence-corrected chi connectivity index (χ4v) is 2.39. The fraction of sp³-hybridized carbons (Fsp3) is 0.500. The third-order valence-electron chi connectivity index (χ3n) is 4.10. The molecule has 24 heavy (non-hydrogen) atoms. The Hall–Kier alpha value is -2.10. The Bertz CT molecular complexity index is 569. The fourth-order valence-electron chi connectivity index (χ4n) is 2.39. The SMILES string of the molecule is C=Cc1cc(C(=O)OC(CC)CC)ccc1C(=O)OC(CC)CC. The van der Waals surface area contributed by atoms with Crippen LogP contribution in [0.25, 0.3) is 6.08 Å². The number of carbonyl (C=O) groups is 2. The predicted octanol–water partition coefficient (Wildman–Crippen LogP) is 5.02. The number of hydrogen-bond acceptors (Lipinski definition) is 4. The number of ether oxygens (including phenoxy) is 2. The molecule has 0 heterocycles. The van der Waals surface area contributed by atoms with Crippen LogP contribution in [0, 0.1) is 0 Å². The van der Waals surface area contributed by atoms with Crippen molar-refractivity contribution < 1.29 is 19.1 Å². The van der Waals surface area contributed by atoms with Crippen LogP contribution in [0.15, 0.2) is 24.8 Å². The summed E-state index contributed by atoms with van der Waals surface area (Å²) in [5.41, 5.74) is 1.40. The predicted molar refractivity (Wildman–Crippen MR) is 96.1 cm³/mol. The van der Waals surface area contributed by atoms with E-state index in [1.54, 1.807) is 24.3 Å². The molecule has 0 aliphatic carbocycles. The molecule has 0 saturated carbocycles. The van der Waals surface area contributed by atoms with Gasteiger partial charge < -0.3 is 9.47 Å². The van der Waals surface area contributed by atoms with Crippen LogP contribution in [0.2, 0.25) is 0 Å². The van der Waals surface area contributed by atoms with Gasteiger partial charge >= 0.3 is 11.9 Å². The minimum atomic E-state index is -0.390. The second-order valence-electron chi connectivity index (χ2n) is 5.69. The lowest BCUT2D eigenvalue weighted by Gasteiger charge is -2.16. The largest absolute Gasteiger partial charge is 0.459 e. The highest BCUT2D eigenvalue weighted by Crippen LogP contribution is 2.18. The van der Waals surface area contributed by atoms with Crippen LogP contribution in [-0.4, -0.2) is 24.1 Å². The van der Waals surface area contributed by atoms with Crippen molar-refractivity contribution in [3.8, 4) is 0 Å². The molecular weight excluding hydrogens is 304 g/mol. The van der Waals surface area contributed by atoms with Gasteiger partial charge in [0.2, 0.25) is 0 Å². The summed E-state index contributed by atoms with van der Waals surface area (Å²) in [7, 11) is 0. The van der Waals surface area contributed by atoms with Crippen LogP contribution >= 0.6 is 0 Å². The Kier molecular flexibility index (Phi) is 8.24. The molecule has 0 N–H and O–H groups in total. The summed E-state index contributed by atoms with van der Waals surface area (Å²) in [5.74, 6) is -0.773. The van der Waals surface area contributed by atoms with E-state index in [2.05, 4.69) is 6.58 Å². The van der Waals surface area contributed by atoms with Crippen LogP contribution in [0.1, 0.15) is 79.7 Å². The van der Waals surface area contributed by atoms with Crippen LogP contribution in [-0.2, 0) is 9.47 Å². The van der Waals surface area contributed by atoms with Crippen LogP contribution < -0.4 is 0 Å². The van der Waals surface area contributed by atoms with Gasteiger partial charge in [0.25, 0.3) is 0 Å². The van der Waals surface area contributed by atoms with Crippen LogP contribution in [0.3, 0.4) is 0 Å². The summed E-state index contributed by atoms with van der Waals surface area (Å²) >= 11 is 0. The average Bonchev–Trinajstić information content (AvgIpc) is 2.62. The average molecular weight is 332 g/mol. The van der Waals surface area contributed by atoms with E-state index in [1.807, 2.05) is 27.7 Å². The van der Waals surface area contributed by atoms with Crippen molar-refractivity contribution in [3.63, 3.8) is 0 Å². The lowest BCUT2D eigenvalue weighted by atomic mass is 10.0. The lowest BCUT2D eigenvalue weighted by molar-refractivity contribution is 0.0269. The maximum atomic E-state index is 12.3. The third kappa shape index (κ3) is 5.22. The standard InChI is InChI=1S/C20H28O4/c1-6-14-13-15(19(21)23-16(7-2)8-3)11-12-18(14)20(22)24-17(9-4)10-5/h6,11-13,16-17H,1,7-10H2,2-5H3. The van der Waals surface area contributed by atoms with Crippen LogP contribution in [0.4, 0.5) is 0 Å². The van der Waals surface area contributed by atoms with E-state index in [4.69, 9.17) is 9.47 Å². The smallest absolute Gasteiger partial charge is 0.339 e. The van der Waals surface area contributed by atoms with Gasteiger partial charge in [0.1, 0.15) is 12.2 Å².